The molecule has 8 nitrogen and oxygen atoms in total. The van der Waals surface area contributed by atoms with Crippen molar-refractivity contribution < 1.29 is 14.9 Å². The van der Waals surface area contributed by atoms with Crippen LogP contribution in [0.25, 0.3) is 0 Å². The molecule has 4 aliphatic heterocycles. The molecule has 128 valence electrons. The standard InChI is InChI=1S/C14H23N5O3S/c15-14-16-11-10(12(21)17-14)23-7-19(11)13-9(5-8(6-20)22-13)18-3-1-2-4-18/h8-9,12-13,20-21H,1-7H2,(H3,15,16,17)/t8-,9+,12?,13+/m0/s1. The van der Waals surface area contributed by atoms with Crippen LogP contribution in [0.1, 0.15) is 19.3 Å². The third-order valence-corrected chi connectivity index (χ3v) is 6.02. The van der Waals surface area contributed by atoms with E-state index in [9.17, 15) is 10.2 Å². The molecule has 0 aliphatic carbocycles. The fraction of sp³-hybridized carbons (Fsp3) is 0.786. The summed E-state index contributed by atoms with van der Waals surface area (Å²) in [6.07, 6.45) is 2.13. The number of aliphatic hydroxyl groups excluding tert-OH is 2. The van der Waals surface area contributed by atoms with Gasteiger partial charge in [-0.05, 0) is 32.4 Å². The Morgan fingerprint density at radius 3 is 2.91 bits per heavy atom. The van der Waals surface area contributed by atoms with E-state index in [2.05, 4.69) is 20.1 Å². The summed E-state index contributed by atoms with van der Waals surface area (Å²) >= 11 is 1.55. The van der Waals surface area contributed by atoms with Crippen molar-refractivity contribution in [3.05, 3.63) is 10.7 Å². The molecule has 1 unspecified atom stereocenters. The highest BCUT2D eigenvalue weighted by molar-refractivity contribution is 8.03. The van der Waals surface area contributed by atoms with Crippen LogP contribution in [-0.2, 0) is 4.74 Å². The molecule has 4 heterocycles. The second-order valence-corrected chi connectivity index (χ2v) is 7.34. The van der Waals surface area contributed by atoms with Crippen LogP contribution in [0.5, 0.6) is 0 Å². The molecule has 0 spiro atoms. The lowest BCUT2D eigenvalue weighted by molar-refractivity contribution is -0.0659. The zero-order valence-corrected chi connectivity index (χ0v) is 13.7. The molecule has 2 saturated heterocycles. The van der Waals surface area contributed by atoms with Crippen molar-refractivity contribution in [2.24, 2.45) is 10.7 Å². The fourth-order valence-electron chi connectivity index (χ4n) is 3.80. The lowest BCUT2D eigenvalue weighted by Crippen LogP contribution is -2.49. The Balaban J connectivity index is 1.60. The van der Waals surface area contributed by atoms with Gasteiger partial charge in [-0.3, -0.25) is 4.90 Å². The number of nitrogens with two attached hydrogens (primary N) is 1. The first kappa shape index (κ1) is 15.5. The number of nitrogens with zero attached hydrogens (tertiary/aromatic N) is 3. The molecule has 0 bridgehead atoms. The van der Waals surface area contributed by atoms with E-state index < -0.39 is 6.23 Å². The van der Waals surface area contributed by atoms with Gasteiger partial charge in [0.1, 0.15) is 12.0 Å². The fourth-order valence-corrected chi connectivity index (χ4v) is 4.86. The molecule has 0 aromatic heterocycles. The summed E-state index contributed by atoms with van der Waals surface area (Å²) < 4.78 is 6.11. The molecule has 4 rings (SSSR count). The number of nitrogens with one attached hydrogen (secondary N) is 1. The highest BCUT2D eigenvalue weighted by Gasteiger charge is 2.46. The predicted molar refractivity (Wildman–Crippen MR) is 87.0 cm³/mol. The first-order chi connectivity index (χ1) is 11.2. The normalized spacial score (nSPS) is 38.0. The molecule has 4 aliphatic rings. The summed E-state index contributed by atoms with van der Waals surface area (Å²) in [6.45, 7) is 2.18. The Morgan fingerprint density at radius 1 is 1.39 bits per heavy atom. The Morgan fingerprint density at radius 2 is 2.17 bits per heavy atom. The van der Waals surface area contributed by atoms with Crippen molar-refractivity contribution in [3.63, 3.8) is 0 Å². The van der Waals surface area contributed by atoms with E-state index in [0.29, 0.717) is 11.7 Å². The molecule has 0 amide bonds. The zero-order chi connectivity index (χ0) is 16.0. The van der Waals surface area contributed by atoms with Gasteiger partial charge in [0.15, 0.2) is 12.2 Å². The molecule has 0 saturated carbocycles. The summed E-state index contributed by atoms with van der Waals surface area (Å²) in [5.41, 5.74) is 5.77. The Labute approximate surface area is 139 Å². The van der Waals surface area contributed by atoms with Crippen LogP contribution in [-0.4, -0.2) is 76.1 Å². The SMILES string of the molecule is NC1=NC2=C(SCN2[C@@H]2O[C@H](CO)C[C@H]2N2CCCC2)C(O)N1. The maximum Gasteiger partial charge on any atom is 0.197 e. The lowest BCUT2D eigenvalue weighted by atomic mass is 10.1. The smallest absolute Gasteiger partial charge is 0.197 e. The number of aliphatic hydroxyl groups is 2. The molecule has 9 heteroatoms. The van der Waals surface area contributed by atoms with Crippen molar-refractivity contribution in [2.45, 2.75) is 43.9 Å². The minimum atomic E-state index is -0.808. The molecule has 2 fully saturated rings. The minimum absolute atomic E-state index is 0.0311. The van der Waals surface area contributed by atoms with Crippen molar-refractivity contribution in [1.82, 2.24) is 15.1 Å². The lowest BCUT2D eigenvalue weighted by Gasteiger charge is -2.35. The number of rotatable bonds is 3. The van der Waals surface area contributed by atoms with E-state index in [4.69, 9.17) is 10.5 Å². The van der Waals surface area contributed by atoms with Gasteiger partial charge in [0.2, 0.25) is 0 Å². The van der Waals surface area contributed by atoms with E-state index in [-0.39, 0.29) is 30.9 Å². The molecule has 5 N–H and O–H groups in total. The highest BCUT2D eigenvalue weighted by Crippen LogP contribution is 2.41. The number of aliphatic imine (C=N–C) groups is 1. The monoisotopic (exact) mass is 341 g/mol. The number of ether oxygens (including phenoxy) is 1. The van der Waals surface area contributed by atoms with Crippen molar-refractivity contribution >= 4 is 17.7 Å². The summed E-state index contributed by atoms with van der Waals surface area (Å²) in [6, 6.07) is 0.241. The summed E-state index contributed by atoms with van der Waals surface area (Å²) in [7, 11) is 0. The van der Waals surface area contributed by atoms with Gasteiger partial charge >= 0.3 is 0 Å². The van der Waals surface area contributed by atoms with Gasteiger partial charge in [-0.15, -0.1) is 11.8 Å². The first-order valence-electron chi connectivity index (χ1n) is 8.10. The van der Waals surface area contributed by atoms with E-state index in [1.165, 1.54) is 12.8 Å². The quantitative estimate of drug-likeness (QED) is 0.516. The number of guanidine groups is 1. The van der Waals surface area contributed by atoms with Gasteiger partial charge in [0.05, 0.1) is 29.5 Å². The summed E-state index contributed by atoms with van der Waals surface area (Å²) in [5, 5.41) is 22.4. The Bertz CT molecular complexity index is 537. The van der Waals surface area contributed by atoms with Crippen LogP contribution in [0.15, 0.2) is 15.7 Å². The van der Waals surface area contributed by atoms with E-state index >= 15 is 0 Å². The average molecular weight is 341 g/mol. The zero-order valence-electron chi connectivity index (χ0n) is 12.9. The van der Waals surface area contributed by atoms with E-state index in [0.717, 1.165) is 24.4 Å². The van der Waals surface area contributed by atoms with Gasteiger partial charge in [-0.2, -0.15) is 4.99 Å². The molecule has 0 radical (unpaired) electrons. The van der Waals surface area contributed by atoms with Crippen LogP contribution < -0.4 is 11.1 Å². The molecular formula is C14H23N5O3S. The van der Waals surface area contributed by atoms with Crippen molar-refractivity contribution in [2.75, 3.05) is 25.6 Å². The minimum Gasteiger partial charge on any atom is -0.394 e. The third-order valence-electron chi connectivity index (χ3n) is 4.90. The van der Waals surface area contributed by atoms with Crippen molar-refractivity contribution in [1.29, 1.82) is 0 Å². The topological polar surface area (TPSA) is 107 Å². The van der Waals surface area contributed by atoms with E-state index in [1.54, 1.807) is 11.8 Å². The van der Waals surface area contributed by atoms with Gasteiger partial charge in [0, 0.05) is 0 Å². The molecule has 23 heavy (non-hydrogen) atoms. The summed E-state index contributed by atoms with van der Waals surface area (Å²) in [4.78, 5) is 9.70. The molecule has 4 atom stereocenters. The van der Waals surface area contributed by atoms with Gasteiger partial charge in [-0.1, -0.05) is 0 Å². The van der Waals surface area contributed by atoms with Crippen molar-refractivity contribution in [3.8, 4) is 0 Å². The van der Waals surface area contributed by atoms with Crippen LogP contribution in [0.3, 0.4) is 0 Å². The number of hydrogen-bond donors (Lipinski definition) is 4. The molecule has 0 aromatic rings. The molecular weight excluding hydrogens is 318 g/mol. The van der Waals surface area contributed by atoms with E-state index in [1.807, 2.05) is 0 Å². The van der Waals surface area contributed by atoms with Crippen LogP contribution in [0.2, 0.25) is 0 Å². The first-order valence-corrected chi connectivity index (χ1v) is 9.08. The Kier molecular flexibility index (Phi) is 4.14. The summed E-state index contributed by atoms with van der Waals surface area (Å²) in [5.74, 6) is 1.59. The second kappa shape index (κ2) is 6.14. The largest absolute Gasteiger partial charge is 0.394 e. The second-order valence-electron chi connectivity index (χ2n) is 6.35. The third kappa shape index (κ3) is 2.70. The number of thioether (sulfide) groups is 1. The van der Waals surface area contributed by atoms with Crippen LogP contribution >= 0.6 is 11.8 Å². The van der Waals surface area contributed by atoms with Crippen LogP contribution in [0.4, 0.5) is 0 Å². The van der Waals surface area contributed by atoms with Gasteiger partial charge in [0.25, 0.3) is 0 Å². The van der Waals surface area contributed by atoms with Gasteiger partial charge < -0.3 is 30.9 Å². The predicted octanol–water partition coefficient (Wildman–Crippen LogP) is -1.03. The average Bonchev–Trinajstić information content (AvgIpc) is 3.25. The highest BCUT2D eigenvalue weighted by atomic mass is 32.2. The maximum absolute atomic E-state index is 10.1. The Hall–Kier alpha value is -1.00. The molecule has 0 aromatic carbocycles. The van der Waals surface area contributed by atoms with Crippen LogP contribution in [0, 0.1) is 0 Å². The number of hydrogen-bond acceptors (Lipinski definition) is 9. The van der Waals surface area contributed by atoms with Gasteiger partial charge in [-0.25, -0.2) is 0 Å². The maximum atomic E-state index is 10.1. The number of likely N-dealkylation sites (tertiary alicyclic amines) is 1.